The fourth-order valence-electron chi connectivity index (χ4n) is 5.28. The van der Waals surface area contributed by atoms with E-state index in [0.29, 0.717) is 72.9 Å². The summed E-state index contributed by atoms with van der Waals surface area (Å²) in [4.78, 5) is 30.3. The molecule has 1 aliphatic heterocycles. The van der Waals surface area contributed by atoms with Crippen LogP contribution >= 0.6 is 0 Å². The van der Waals surface area contributed by atoms with Gasteiger partial charge in [-0.25, -0.2) is 0 Å². The second-order valence-electron chi connectivity index (χ2n) is 10.3. The Morgan fingerprint density at radius 2 is 1.74 bits per heavy atom. The molecule has 0 radical (unpaired) electrons. The minimum atomic E-state index is -4.42. The van der Waals surface area contributed by atoms with Crippen LogP contribution in [0.2, 0.25) is 0 Å². The average molecular weight is 580 g/mol. The smallest absolute Gasteiger partial charge is 0.416 e. The molecule has 1 amide bonds. The number of anilines is 1. The summed E-state index contributed by atoms with van der Waals surface area (Å²) in [5.41, 5.74) is 1.36. The SMILES string of the molecule is COc1ccc(C(F)(F)F)cc1N1CCN(CCCNC(=O)c2cccc3c(=O)c(C)c(-c4ccccc4)oc23)CC1. The van der Waals surface area contributed by atoms with Gasteiger partial charge in [0.05, 0.1) is 29.3 Å². The number of para-hydroxylation sites is 1. The Balaban J connectivity index is 1.19. The number of ether oxygens (including phenoxy) is 1. The molecule has 1 N–H and O–H groups in total. The molecule has 7 nitrogen and oxygen atoms in total. The zero-order valence-electron chi connectivity index (χ0n) is 23.5. The first-order chi connectivity index (χ1) is 20.2. The van der Waals surface area contributed by atoms with Crippen molar-refractivity contribution in [3.8, 4) is 17.1 Å². The normalized spacial score (nSPS) is 14.3. The number of methoxy groups -OCH3 is 1. The monoisotopic (exact) mass is 579 g/mol. The topological polar surface area (TPSA) is 75.0 Å². The lowest BCUT2D eigenvalue weighted by molar-refractivity contribution is -0.137. The van der Waals surface area contributed by atoms with Gasteiger partial charge in [-0.05, 0) is 50.2 Å². The van der Waals surface area contributed by atoms with Crippen LogP contribution in [0.15, 0.2) is 75.9 Å². The van der Waals surface area contributed by atoms with Crippen molar-refractivity contribution in [3.63, 3.8) is 0 Å². The van der Waals surface area contributed by atoms with Crippen molar-refractivity contribution >= 4 is 22.6 Å². The Labute approximate surface area is 241 Å². The Morgan fingerprint density at radius 1 is 1.00 bits per heavy atom. The van der Waals surface area contributed by atoms with E-state index in [9.17, 15) is 22.8 Å². The van der Waals surface area contributed by atoms with Crippen LogP contribution in [0.3, 0.4) is 0 Å². The Hall–Kier alpha value is -4.31. The molecule has 42 heavy (non-hydrogen) atoms. The van der Waals surface area contributed by atoms with Gasteiger partial charge in [0.1, 0.15) is 11.5 Å². The van der Waals surface area contributed by atoms with E-state index in [4.69, 9.17) is 9.15 Å². The van der Waals surface area contributed by atoms with Crippen molar-refractivity contribution in [2.45, 2.75) is 19.5 Å². The summed E-state index contributed by atoms with van der Waals surface area (Å²) in [7, 11) is 1.45. The number of nitrogens with one attached hydrogen (secondary N) is 1. The number of rotatable bonds is 8. The first-order valence-electron chi connectivity index (χ1n) is 13.8. The lowest BCUT2D eigenvalue weighted by atomic mass is 10.0. The van der Waals surface area contributed by atoms with Gasteiger partial charge in [0, 0.05) is 43.9 Å². The van der Waals surface area contributed by atoms with E-state index in [1.807, 2.05) is 35.2 Å². The lowest BCUT2D eigenvalue weighted by Gasteiger charge is -2.36. The molecule has 0 spiro atoms. The minimum absolute atomic E-state index is 0.174. The van der Waals surface area contributed by atoms with E-state index in [-0.39, 0.29) is 16.9 Å². The van der Waals surface area contributed by atoms with Crippen molar-refractivity contribution in [2.75, 3.05) is 51.3 Å². The Morgan fingerprint density at radius 3 is 2.43 bits per heavy atom. The summed E-state index contributed by atoms with van der Waals surface area (Å²) in [6.07, 6.45) is -3.74. The molecular formula is C32H32F3N3O4. The molecule has 0 saturated carbocycles. The molecule has 220 valence electrons. The van der Waals surface area contributed by atoms with Crippen LogP contribution in [0.1, 0.15) is 27.9 Å². The summed E-state index contributed by atoms with van der Waals surface area (Å²) in [5.74, 6) is 0.526. The molecule has 3 aromatic carbocycles. The number of amides is 1. The lowest BCUT2D eigenvalue weighted by Crippen LogP contribution is -2.47. The number of halogens is 3. The summed E-state index contributed by atoms with van der Waals surface area (Å²) < 4.78 is 51.2. The highest BCUT2D eigenvalue weighted by molar-refractivity contribution is 6.05. The van der Waals surface area contributed by atoms with Gasteiger partial charge in [-0.15, -0.1) is 0 Å². The molecule has 1 aliphatic rings. The fourth-order valence-corrected chi connectivity index (χ4v) is 5.28. The molecule has 0 unspecified atom stereocenters. The highest BCUT2D eigenvalue weighted by Gasteiger charge is 2.32. The van der Waals surface area contributed by atoms with Gasteiger partial charge < -0.3 is 19.4 Å². The second kappa shape index (κ2) is 12.3. The minimum Gasteiger partial charge on any atom is -0.495 e. The van der Waals surface area contributed by atoms with Gasteiger partial charge in [-0.2, -0.15) is 13.2 Å². The molecule has 1 aromatic heterocycles. The van der Waals surface area contributed by atoms with Crippen molar-refractivity contribution in [3.05, 3.63) is 93.6 Å². The van der Waals surface area contributed by atoms with Gasteiger partial charge in [0.25, 0.3) is 5.91 Å². The molecular weight excluding hydrogens is 547 g/mol. The van der Waals surface area contributed by atoms with Gasteiger partial charge in [0.15, 0.2) is 11.0 Å². The predicted molar refractivity (Wildman–Crippen MR) is 156 cm³/mol. The fraction of sp³-hybridized carbons (Fsp3) is 0.312. The standard InChI is InChI=1S/C32H32F3N3O4/c1-21-28(39)24-10-6-11-25(30(24)42-29(21)22-8-4-3-5-9-22)31(40)36-14-7-15-37-16-18-38(19-17-37)26-20-23(32(33,34)35)12-13-27(26)41-2/h3-6,8-13,20H,7,14-19H2,1-2H3,(H,36,40). The van der Waals surface area contributed by atoms with Crippen LogP contribution in [0, 0.1) is 6.92 Å². The van der Waals surface area contributed by atoms with E-state index in [0.717, 1.165) is 24.2 Å². The van der Waals surface area contributed by atoms with Gasteiger partial charge in [-0.1, -0.05) is 36.4 Å². The van der Waals surface area contributed by atoms with E-state index in [2.05, 4.69) is 10.2 Å². The molecule has 0 aliphatic carbocycles. The maximum Gasteiger partial charge on any atom is 0.416 e. The summed E-state index contributed by atoms with van der Waals surface area (Å²) >= 11 is 0. The largest absolute Gasteiger partial charge is 0.495 e. The van der Waals surface area contributed by atoms with Gasteiger partial charge >= 0.3 is 6.18 Å². The summed E-state index contributed by atoms with van der Waals surface area (Å²) in [5, 5.41) is 3.29. The molecule has 0 bridgehead atoms. The van der Waals surface area contributed by atoms with Crippen molar-refractivity contribution < 1.29 is 27.1 Å². The average Bonchev–Trinajstić information content (AvgIpc) is 3.00. The third-order valence-corrected chi connectivity index (χ3v) is 7.58. The van der Waals surface area contributed by atoms with E-state index in [1.165, 1.54) is 13.2 Å². The summed E-state index contributed by atoms with van der Waals surface area (Å²) in [6.45, 7) is 5.31. The zero-order valence-corrected chi connectivity index (χ0v) is 23.5. The number of piperazine rings is 1. The number of fused-ring (bicyclic) bond motifs is 1. The maximum atomic E-state index is 13.3. The van der Waals surface area contributed by atoms with E-state index in [1.54, 1.807) is 25.1 Å². The molecule has 2 heterocycles. The number of nitrogens with zero attached hydrogens (tertiary/aromatic N) is 2. The Bertz CT molecular complexity index is 1630. The molecule has 10 heteroatoms. The number of benzene rings is 3. The van der Waals surface area contributed by atoms with Crippen molar-refractivity contribution in [2.24, 2.45) is 0 Å². The molecule has 0 atom stereocenters. The number of hydrogen-bond donors (Lipinski definition) is 1. The van der Waals surface area contributed by atoms with Crippen LogP contribution < -0.4 is 20.4 Å². The zero-order chi connectivity index (χ0) is 29.9. The van der Waals surface area contributed by atoms with Crippen LogP contribution in [0.4, 0.5) is 18.9 Å². The second-order valence-corrected chi connectivity index (χ2v) is 10.3. The molecule has 4 aromatic rings. The highest BCUT2D eigenvalue weighted by atomic mass is 19.4. The first-order valence-corrected chi connectivity index (χ1v) is 13.8. The molecule has 1 saturated heterocycles. The molecule has 1 fully saturated rings. The van der Waals surface area contributed by atoms with Gasteiger partial charge in [0.2, 0.25) is 0 Å². The Kier molecular flexibility index (Phi) is 8.54. The quantitative estimate of drug-likeness (QED) is 0.269. The van der Waals surface area contributed by atoms with Crippen LogP contribution in [-0.4, -0.2) is 57.2 Å². The third-order valence-electron chi connectivity index (χ3n) is 7.58. The van der Waals surface area contributed by atoms with Crippen molar-refractivity contribution in [1.29, 1.82) is 0 Å². The third kappa shape index (κ3) is 6.13. The van der Waals surface area contributed by atoms with E-state index >= 15 is 0 Å². The number of hydrogen-bond acceptors (Lipinski definition) is 6. The first kappa shape index (κ1) is 29.2. The summed E-state index contributed by atoms with van der Waals surface area (Å²) in [6, 6.07) is 17.8. The highest BCUT2D eigenvalue weighted by Crippen LogP contribution is 2.37. The van der Waals surface area contributed by atoms with Crippen LogP contribution in [-0.2, 0) is 6.18 Å². The van der Waals surface area contributed by atoms with Crippen LogP contribution in [0.25, 0.3) is 22.3 Å². The number of alkyl halides is 3. The number of carbonyl (C=O) groups is 1. The predicted octanol–water partition coefficient (Wildman–Crippen LogP) is 5.74. The van der Waals surface area contributed by atoms with Crippen molar-refractivity contribution in [1.82, 2.24) is 10.2 Å². The molecule has 5 rings (SSSR count). The van der Waals surface area contributed by atoms with Gasteiger partial charge in [-0.3, -0.25) is 14.5 Å². The maximum absolute atomic E-state index is 13.3. The number of carbonyl (C=O) groups excluding carboxylic acids is 1. The van der Waals surface area contributed by atoms with E-state index < -0.39 is 11.7 Å². The van der Waals surface area contributed by atoms with Crippen LogP contribution in [0.5, 0.6) is 5.75 Å².